The Labute approximate surface area is 82.4 Å². The first kappa shape index (κ1) is 9.03. The number of thioether (sulfide) groups is 1. The molecule has 2 nitrogen and oxygen atoms in total. The fraction of sp³-hybridized carbons (Fsp3) is 0.500. The second-order valence-corrected chi connectivity index (χ2v) is 4.51. The highest BCUT2D eigenvalue weighted by Gasteiger charge is 2.25. The Bertz CT molecular complexity index is 265. The van der Waals surface area contributed by atoms with Crippen molar-refractivity contribution in [2.45, 2.75) is 12.5 Å². The summed E-state index contributed by atoms with van der Waals surface area (Å²) < 4.78 is 0. The van der Waals surface area contributed by atoms with Crippen LogP contribution in [0.1, 0.15) is 5.56 Å². The number of rotatable bonds is 2. The molecule has 2 rings (SSSR count). The second kappa shape index (κ2) is 4.11. The van der Waals surface area contributed by atoms with E-state index < -0.39 is 0 Å². The molecule has 1 fully saturated rings. The van der Waals surface area contributed by atoms with E-state index in [0.29, 0.717) is 5.92 Å². The van der Waals surface area contributed by atoms with Crippen molar-refractivity contribution in [3.05, 3.63) is 30.1 Å². The third-order valence-corrected chi connectivity index (χ3v) is 3.63. The van der Waals surface area contributed by atoms with E-state index in [2.05, 4.69) is 11.1 Å². The van der Waals surface area contributed by atoms with Gasteiger partial charge in [0.2, 0.25) is 0 Å². The van der Waals surface area contributed by atoms with E-state index in [-0.39, 0.29) is 6.10 Å². The van der Waals surface area contributed by atoms with Crippen LogP contribution in [-0.2, 0) is 6.42 Å². The third kappa shape index (κ3) is 2.23. The molecule has 1 N–H and O–H groups in total. The van der Waals surface area contributed by atoms with Gasteiger partial charge in [0, 0.05) is 18.1 Å². The minimum atomic E-state index is -0.120. The van der Waals surface area contributed by atoms with Crippen LogP contribution in [0.15, 0.2) is 24.5 Å². The highest BCUT2D eigenvalue weighted by molar-refractivity contribution is 7.99. The molecule has 0 aromatic carbocycles. The van der Waals surface area contributed by atoms with Crippen molar-refractivity contribution in [2.75, 3.05) is 11.5 Å². The lowest BCUT2D eigenvalue weighted by Gasteiger charge is -2.12. The summed E-state index contributed by atoms with van der Waals surface area (Å²) in [4.78, 5) is 4.06. The van der Waals surface area contributed by atoms with Gasteiger partial charge in [0.1, 0.15) is 0 Å². The highest BCUT2D eigenvalue weighted by atomic mass is 32.2. The third-order valence-electron chi connectivity index (χ3n) is 2.39. The Morgan fingerprint density at radius 2 is 2.46 bits per heavy atom. The van der Waals surface area contributed by atoms with Crippen LogP contribution in [0.2, 0.25) is 0 Å². The van der Waals surface area contributed by atoms with Gasteiger partial charge in [-0.15, -0.1) is 0 Å². The maximum atomic E-state index is 9.61. The summed E-state index contributed by atoms with van der Waals surface area (Å²) in [7, 11) is 0. The topological polar surface area (TPSA) is 33.1 Å². The number of hydrogen-bond donors (Lipinski definition) is 1. The molecule has 0 amide bonds. The van der Waals surface area contributed by atoms with Gasteiger partial charge in [0.15, 0.2) is 0 Å². The molecular weight excluding hydrogens is 182 g/mol. The van der Waals surface area contributed by atoms with Gasteiger partial charge in [0.25, 0.3) is 0 Å². The first-order valence-electron chi connectivity index (χ1n) is 4.51. The molecule has 0 aliphatic carbocycles. The van der Waals surface area contributed by atoms with E-state index in [9.17, 15) is 5.11 Å². The summed E-state index contributed by atoms with van der Waals surface area (Å²) in [6, 6.07) is 4.02. The molecule has 0 spiro atoms. The van der Waals surface area contributed by atoms with E-state index in [1.54, 1.807) is 6.20 Å². The maximum absolute atomic E-state index is 9.61. The van der Waals surface area contributed by atoms with Gasteiger partial charge in [-0.3, -0.25) is 4.98 Å². The maximum Gasteiger partial charge on any atom is 0.0669 e. The van der Waals surface area contributed by atoms with Gasteiger partial charge in [-0.1, -0.05) is 6.07 Å². The zero-order valence-corrected chi connectivity index (χ0v) is 8.20. The molecule has 13 heavy (non-hydrogen) atoms. The van der Waals surface area contributed by atoms with Gasteiger partial charge in [0.05, 0.1) is 6.10 Å². The van der Waals surface area contributed by atoms with Crippen molar-refractivity contribution < 1.29 is 5.11 Å². The first-order chi connectivity index (χ1) is 6.36. The minimum Gasteiger partial charge on any atom is -0.392 e. The summed E-state index contributed by atoms with van der Waals surface area (Å²) in [6.45, 7) is 0. The average molecular weight is 195 g/mol. The normalized spacial score (nSPS) is 27.8. The summed E-state index contributed by atoms with van der Waals surface area (Å²) >= 11 is 1.84. The van der Waals surface area contributed by atoms with E-state index in [1.807, 2.05) is 24.0 Å². The van der Waals surface area contributed by atoms with Crippen molar-refractivity contribution in [3.8, 4) is 0 Å². The molecule has 70 valence electrons. The molecular formula is C10H13NOS. The lowest BCUT2D eigenvalue weighted by atomic mass is 9.98. The summed E-state index contributed by atoms with van der Waals surface area (Å²) in [6.07, 6.45) is 4.51. The number of pyridine rings is 1. The number of aliphatic hydroxyl groups excluding tert-OH is 1. The first-order valence-corrected chi connectivity index (χ1v) is 5.66. The Kier molecular flexibility index (Phi) is 2.86. The van der Waals surface area contributed by atoms with Crippen LogP contribution in [0.4, 0.5) is 0 Å². The van der Waals surface area contributed by atoms with Gasteiger partial charge in [-0.05, 0) is 29.7 Å². The molecule has 1 aromatic rings. The smallest absolute Gasteiger partial charge is 0.0669 e. The SMILES string of the molecule is OC1CSCC1Cc1cccnc1. The number of aliphatic hydroxyl groups is 1. The van der Waals surface area contributed by atoms with Crippen molar-refractivity contribution in [3.63, 3.8) is 0 Å². The molecule has 1 saturated heterocycles. The van der Waals surface area contributed by atoms with Crippen molar-refractivity contribution in [1.82, 2.24) is 4.98 Å². The molecule has 0 bridgehead atoms. The van der Waals surface area contributed by atoms with Crippen molar-refractivity contribution >= 4 is 11.8 Å². The predicted octanol–water partition coefficient (Wildman–Crippen LogP) is 1.35. The largest absolute Gasteiger partial charge is 0.392 e. The van der Waals surface area contributed by atoms with E-state index in [0.717, 1.165) is 17.9 Å². The lowest BCUT2D eigenvalue weighted by Crippen LogP contribution is -2.19. The van der Waals surface area contributed by atoms with Crippen LogP contribution in [0.5, 0.6) is 0 Å². The Morgan fingerprint density at radius 1 is 1.54 bits per heavy atom. The van der Waals surface area contributed by atoms with E-state index >= 15 is 0 Å². The van der Waals surface area contributed by atoms with Crippen LogP contribution in [0, 0.1) is 5.92 Å². The van der Waals surface area contributed by atoms with E-state index in [1.165, 1.54) is 5.56 Å². The van der Waals surface area contributed by atoms with Crippen molar-refractivity contribution in [1.29, 1.82) is 0 Å². The van der Waals surface area contributed by atoms with Crippen LogP contribution in [-0.4, -0.2) is 27.7 Å². The molecule has 3 heteroatoms. The monoisotopic (exact) mass is 195 g/mol. The summed E-state index contributed by atoms with van der Waals surface area (Å²) in [5.41, 5.74) is 1.23. The van der Waals surface area contributed by atoms with Gasteiger partial charge in [-0.25, -0.2) is 0 Å². The molecule has 2 unspecified atom stereocenters. The van der Waals surface area contributed by atoms with Gasteiger partial charge in [-0.2, -0.15) is 11.8 Å². The standard InChI is InChI=1S/C10H13NOS/c12-10-7-13-6-9(10)4-8-2-1-3-11-5-8/h1-3,5,9-10,12H,4,6-7H2. The molecule has 1 aromatic heterocycles. The molecule has 1 aliphatic rings. The Balaban J connectivity index is 1.98. The van der Waals surface area contributed by atoms with Crippen LogP contribution < -0.4 is 0 Å². The molecule has 2 atom stereocenters. The molecule has 0 saturated carbocycles. The van der Waals surface area contributed by atoms with Gasteiger partial charge < -0.3 is 5.11 Å². The fourth-order valence-corrected chi connectivity index (χ4v) is 2.90. The van der Waals surface area contributed by atoms with Crippen LogP contribution >= 0.6 is 11.8 Å². The second-order valence-electron chi connectivity index (χ2n) is 3.43. The molecule has 0 radical (unpaired) electrons. The lowest BCUT2D eigenvalue weighted by molar-refractivity contribution is 0.150. The zero-order valence-electron chi connectivity index (χ0n) is 7.39. The van der Waals surface area contributed by atoms with Crippen molar-refractivity contribution in [2.24, 2.45) is 5.92 Å². The van der Waals surface area contributed by atoms with Crippen LogP contribution in [0.25, 0.3) is 0 Å². The van der Waals surface area contributed by atoms with E-state index in [4.69, 9.17) is 0 Å². The van der Waals surface area contributed by atoms with Crippen LogP contribution in [0.3, 0.4) is 0 Å². The number of aromatic nitrogens is 1. The fourth-order valence-electron chi connectivity index (χ4n) is 1.60. The zero-order chi connectivity index (χ0) is 9.10. The predicted molar refractivity (Wildman–Crippen MR) is 54.8 cm³/mol. The summed E-state index contributed by atoms with van der Waals surface area (Å²) in [5, 5.41) is 9.61. The molecule has 1 aliphatic heterocycles. The quantitative estimate of drug-likeness (QED) is 0.773. The number of nitrogens with zero attached hydrogens (tertiary/aromatic N) is 1. The minimum absolute atomic E-state index is 0.120. The average Bonchev–Trinajstić information content (AvgIpc) is 2.54. The number of hydrogen-bond acceptors (Lipinski definition) is 3. The highest BCUT2D eigenvalue weighted by Crippen LogP contribution is 2.26. The Morgan fingerprint density at radius 3 is 3.08 bits per heavy atom. The Hall–Kier alpha value is -0.540. The van der Waals surface area contributed by atoms with Gasteiger partial charge >= 0.3 is 0 Å². The molecule has 2 heterocycles. The summed E-state index contributed by atoms with van der Waals surface area (Å²) in [5.74, 6) is 2.40.